The third-order valence-corrected chi connectivity index (χ3v) is 2.92. The Morgan fingerprint density at radius 1 is 1.29 bits per heavy atom. The van der Waals surface area contributed by atoms with Gasteiger partial charge in [-0.3, -0.25) is 4.98 Å². The Morgan fingerprint density at radius 2 is 2.06 bits per heavy atom. The molecule has 0 aliphatic carbocycles. The molecule has 0 aliphatic rings. The van der Waals surface area contributed by atoms with E-state index in [9.17, 15) is 4.39 Å². The van der Waals surface area contributed by atoms with Gasteiger partial charge >= 0.3 is 0 Å². The lowest BCUT2D eigenvalue weighted by Gasteiger charge is -2.15. The molecule has 4 heteroatoms. The molecule has 1 unspecified atom stereocenters. The minimum Gasteiger partial charge on any atom is -0.320 e. The third-order valence-electron chi connectivity index (χ3n) is 2.68. The molecular weight excluding hydrogens is 239 g/mol. The van der Waals surface area contributed by atoms with E-state index in [-0.39, 0.29) is 0 Å². The molecule has 1 aromatic carbocycles. The fraction of sp³-hybridized carbons (Fsp3) is 0.154. The molecule has 0 fully saturated rings. The fourth-order valence-corrected chi connectivity index (χ4v) is 1.91. The molecule has 88 valence electrons. The molecule has 0 aliphatic heterocycles. The Labute approximate surface area is 104 Å². The van der Waals surface area contributed by atoms with Crippen LogP contribution >= 0.6 is 11.6 Å². The van der Waals surface area contributed by atoms with Gasteiger partial charge in [-0.1, -0.05) is 23.7 Å². The molecule has 0 spiro atoms. The van der Waals surface area contributed by atoms with Crippen molar-refractivity contribution >= 4 is 11.6 Å². The van der Waals surface area contributed by atoms with Gasteiger partial charge in [-0.2, -0.15) is 0 Å². The average molecular weight is 251 g/mol. The summed E-state index contributed by atoms with van der Waals surface area (Å²) in [5, 5.41) is 0.362. The predicted molar refractivity (Wildman–Crippen MR) is 66.4 cm³/mol. The Kier molecular flexibility index (Phi) is 3.41. The summed E-state index contributed by atoms with van der Waals surface area (Å²) in [7, 11) is 0. The van der Waals surface area contributed by atoms with Crippen LogP contribution in [0.5, 0.6) is 0 Å². The summed E-state index contributed by atoms with van der Waals surface area (Å²) in [6, 6.07) is 7.61. The summed E-state index contributed by atoms with van der Waals surface area (Å²) in [6.07, 6.45) is 1.68. The third kappa shape index (κ3) is 2.46. The number of aromatic nitrogens is 1. The maximum absolute atomic E-state index is 13.7. The van der Waals surface area contributed by atoms with E-state index in [1.165, 1.54) is 6.07 Å². The van der Waals surface area contributed by atoms with Crippen molar-refractivity contribution in [3.63, 3.8) is 0 Å². The van der Waals surface area contributed by atoms with Crippen molar-refractivity contribution in [3.8, 4) is 0 Å². The van der Waals surface area contributed by atoms with Crippen molar-refractivity contribution in [1.82, 2.24) is 4.98 Å². The molecule has 0 saturated carbocycles. The van der Waals surface area contributed by atoms with Crippen LogP contribution in [0.3, 0.4) is 0 Å². The van der Waals surface area contributed by atoms with Crippen molar-refractivity contribution in [1.29, 1.82) is 0 Å². The van der Waals surface area contributed by atoms with Gasteiger partial charge in [0.15, 0.2) is 0 Å². The van der Waals surface area contributed by atoms with Gasteiger partial charge in [0.2, 0.25) is 0 Å². The van der Waals surface area contributed by atoms with E-state index in [0.29, 0.717) is 10.6 Å². The zero-order valence-electron chi connectivity index (χ0n) is 9.32. The number of aryl methyl sites for hydroxylation is 1. The van der Waals surface area contributed by atoms with Crippen molar-refractivity contribution in [2.45, 2.75) is 13.0 Å². The molecule has 0 saturated heterocycles. The number of nitrogens with zero attached hydrogens (tertiary/aromatic N) is 1. The summed E-state index contributed by atoms with van der Waals surface area (Å²) in [5.74, 6) is -0.395. The molecule has 0 amide bonds. The van der Waals surface area contributed by atoms with Crippen LogP contribution in [-0.2, 0) is 0 Å². The number of hydrogen-bond acceptors (Lipinski definition) is 2. The highest BCUT2D eigenvalue weighted by molar-refractivity contribution is 6.30. The van der Waals surface area contributed by atoms with E-state index >= 15 is 0 Å². The number of benzene rings is 1. The molecule has 1 aromatic heterocycles. The smallest absolute Gasteiger partial charge is 0.129 e. The van der Waals surface area contributed by atoms with Crippen molar-refractivity contribution in [2.75, 3.05) is 0 Å². The van der Waals surface area contributed by atoms with E-state index in [1.54, 1.807) is 24.4 Å². The summed E-state index contributed by atoms with van der Waals surface area (Å²) in [5.41, 5.74) is 8.08. The topological polar surface area (TPSA) is 38.9 Å². The first-order valence-corrected chi connectivity index (χ1v) is 5.59. The van der Waals surface area contributed by atoms with Gasteiger partial charge in [-0.25, -0.2) is 4.39 Å². The maximum atomic E-state index is 13.7. The molecule has 0 radical (unpaired) electrons. The number of pyridine rings is 1. The summed E-state index contributed by atoms with van der Waals surface area (Å²) in [6.45, 7) is 1.85. The Hall–Kier alpha value is -1.45. The molecule has 2 aromatic rings. The summed E-state index contributed by atoms with van der Waals surface area (Å²) in [4.78, 5) is 4.14. The Balaban J connectivity index is 2.44. The second-order valence-electron chi connectivity index (χ2n) is 3.82. The zero-order valence-corrected chi connectivity index (χ0v) is 10.1. The van der Waals surface area contributed by atoms with Gasteiger partial charge in [0.1, 0.15) is 5.82 Å². The summed E-state index contributed by atoms with van der Waals surface area (Å²) >= 11 is 5.71. The number of rotatable bonds is 2. The van der Waals surface area contributed by atoms with Crippen molar-refractivity contribution in [2.24, 2.45) is 5.73 Å². The second-order valence-corrected chi connectivity index (χ2v) is 4.26. The van der Waals surface area contributed by atoms with Crippen LogP contribution in [0.25, 0.3) is 0 Å². The molecular formula is C13H12ClFN2. The van der Waals surface area contributed by atoms with Gasteiger partial charge < -0.3 is 5.73 Å². The molecule has 1 heterocycles. The highest BCUT2D eigenvalue weighted by Gasteiger charge is 2.15. The lowest BCUT2D eigenvalue weighted by molar-refractivity contribution is 0.599. The van der Waals surface area contributed by atoms with E-state index in [2.05, 4.69) is 4.98 Å². The maximum Gasteiger partial charge on any atom is 0.129 e. The van der Waals surface area contributed by atoms with Gasteiger partial charge in [0, 0.05) is 22.5 Å². The van der Waals surface area contributed by atoms with E-state index in [0.717, 1.165) is 11.3 Å². The average Bonchev–Trinajstić information content (AvgIpc) is 2.29. The van der Waals surface area contributed by atoms with Crippen LogP contribution in [0.2, 0.25) is 5.02 Å². The minimum atomic E-state index is -0.527. The lowest BCUT2D eigenvalue weighted by atomic mass is 9.98. The SMILES string of the molecule is Cc1ncccc1C(N)c1ccc(Cl)cc1F. The zero-order chi connectivity index (χ0) is 12.4. The standard InChI is InChI=1S/C13H12ClFN2/c1-8-10(3-2-6-17-8)13(16)11-5-4-9(14)7-12(11)15/h2-7,13H,16H2,1H3. The predicted octanol–water partition coefficient (Wildman–Crippen LogP) is 3.23. The van der Waals surface area contributed by atoms with E-state index in [4.69, 9.17) is 17.3 Å². The highest BCUT2D eigenvalue weighted by atomic mass is 35.5. The molecule has 0 bridgehead atoms. The normalized spacial score (nSPS) is 12.5. The monoisotopic (exact) mass is 250 g/mol. The van der Waals surface area contributed by atoms with Crippen LogP contribution in [0.4, 0.5) is 4.39 Å². The molecule has 2 nitrogen and oxygen atoms in total. The summed E-state index contributed by atoms with van der Waals surface area (Å²) < 4.78 is 13.7. The number of hydrogen-bond donors (Lipinski definition) is 1. The fourth-order valence-electron chi connectivity index (χ4n) is 1.75. The van der Waals surface area contributed by atoms with Crippen LogP contribution in [0, 0.1) is 12.7 Å². The number of nitrogens with two attached hydrogens (primary N) is 1. The Bertz CT molecular complexity index is 543. The van der Waals surface area contributed by atoms with Crippen molar-refractivity contribution in [3.05, 3.63) is 64.2 Å². The molecule has 1 atom stereocenters. The minimum absolute atomic E-state index is 0.362. The Morgan fingerprint density at radius 3 is 2.71 bits per heavy atom. The van der Waals surface area contributed by atoms with Gasteiger partial charge in [0.25, 0.3) is 0 Å². The van der Waals surface area contributed by atoms with E-state index in [1.807, 2.05) is 13.0 Å². The van der Waals surface area contributed by atoms with Crippen LogP contribution in [-0.4, -0.2) is 4.98 Å². The van der Waals surface area contributed by atoms with Gasteiger partial charge in [-0.05, 0) is 30.7 Å². The van der Waals surface area contributed by atoms with Crippen LogP contribution in [0.1, 0.15) is 22.9 Å². The first-order valence-electron chi connectivity index (χ1n) is 5.21. The highest BCUT2D eigenvalue weighted by Crippen LogP contribution is 2.25. The van der Waals surface area contributed by atoms with E-state index < -0.39 is 11.9 Å². The largest absolute Gasteiger partial charge is 0.320 e. The first kappa shape index (κ1) is 12.0. The van der Waals surface area contributed by atoms with Gasteiger partial charge in [-0.15, -0.1) is 0 Å². The quantitative estimate of drug-likeness (QED) is 0.889. The van der Waals surface area contributed by atoms with Crippen molar-refractivity contribution < 1.29 is 4.39 Å². The molecule has 2 N–H and O–H groups in total. The molecule has 2 rings (SSSR count). The van der Waals surface area contributed by atoms with Crippen LogP contribution < -0.4 is 5.73 Å². The van der Waals surface area contributed by atoms with Crippen LogP contribution in [0.15, 0.2) is 36.5 Å². The number of halogens is 2. The lowest BCUT2D eigenvalue weighted by Crippen LogP contribution is -2.15. The first-order chi connectivity index (χ1) is 8.09. The molecule has 17 heavy (non-hydrogen) atoms. The van der Waals surface area contributed by atoms with Gasteiger partial charge in [0.05, 0.1) is 6.04 Å². The second kappa shape index (κ2) is 4.82.